The lowest BCUT2D eigenvalue weighted by atomic mass is 10.2. The molecule has 0 saturated heterocycles. The van der Waals surface area contributed by atoms with Crippen LogP contribution in [-0.4, -0.2) is 47.2 Å². The van der Waals surface area contributed by atoms with Gasteiger partial charge in [0.05, 0.1) is 42.6 Å². The van der Waals surface area contributed by atoms with Crippen molar-refractivity contribution < 1.29 is 9.53 Å². The number of amides is 1. The summed E-state index contributed by atoms with van der Waals surface area (Å²) in [5, 5.41) is 16.7. The average Bonchev–Trinajstić information content (AvgIpc) is 3.56. The van der Waals surface area contributed by atoms with Crippen LogP contribution in [0.5, 0.6) is 5.75 Å². The second-order valence-electron chi connectivity index (χ2n) is 8.60. The summed E-state index contributed by atoms with van der Waals surface area (Å²) in [4.78, 5) is 17.6. The van der Waals surface area contributed by atoms with Crippen LogP contribution in [0, 0.1) is 20.8 Å². The lowest BCUT2D eigenvalue weighted by Gasteiger charge is -2.08. The Labute approximate surface area is 208 Å². The molecule has 1 aromatic carbocycles. The van der Waals surface area contributed by atoms with Crippen LogP contribution in [0.4, 0.5) is 5.69 Å². The highest BCUT2D eigenvalue weighted by Gasteiger charge is 2.20. The van der Waals surface area contributed by atoms with Crippen LogP contribution >= 0.6 is 0 Å². The maximum absolute atomic E-state index is 13.2. The zero-order chi connectivity index (χ0) is 25.4. The molecule has 0 bridgehead atoms. The van der Waals surface area contributed by atoms with Gasteiger partial charge in [0.2, 0.25) is 0 Å². The van der Waals surface area contributed by atoms with Crippen molar-refractivity contribution in [3.63, 3.8) is 0 Å². The van der Waals surface area contributed by atoms with E-state index in [9.17, 15) is 4.79 Å². The third kappa shape index (κ3) is 4.10. The zero-order valence-corrected chi connectivity index (χ0v) is 21.0. The number of hydrogen-bond acceptors (Lipinski definition) is 6. The topological polar surface area (TPSA) is 104 Å². The van der Waals surface area contributed by atoms with Crippen LogP contribution in [0.15, 0.2) is 48.8 Å². The number of ether oxygens (including phenoxy) is 1. The van der Waals surface area contributed by atoms with Crippen LogP contribution < -0.4 is 10.1 Å². The SMILES string of the molecule is CCn1ncc(-c2ccnc3cc(C(=O)Nc4c(C)nn(Cc5cccc(OC)c5)c4C)nn23)c1C. The second kappa shape index (κ2) is 9.29. The molecule has 5 rings (SSSR count). The summed E-state index contributed by atoms with van der Waals surface area (Å²) >= 11 is 0. The van der Waals surface area contributed by atoms with E-state index in [4.69, 9.17) is 4.74 Å². The molecule has 0 aliphatic rings. The van der Waals surface area contributed by atoms with Gasteiger partial charge in [0, 0.05) is 30.1 Å². The van der Waals surface area contributed by atoms with Crippen LogP contribution in [0.25, 0.3) is 16.9 Å². The van der Waals surface area contributed by atoms with E-state index in [1.165, 1.54) is 0 Å². The lowest BCUT2D eigenvalue weighted by molar-refractivity contribution is 0.102. The number of methoxy groups -OCH3 is 1. The van der Waals surface area contributed by atoms with Gasteiger partial charge in [-0.1, -0.05) is 12.1 Å². The van der Waals surface area contributed by atoms with Crippen molar-refractivity contribution >= 4 is 17.2 Å². The van der Waals surface area contributed by atoms with Crippen molar-refractivity contribution in [2.24, 2.45) is 0 Å². The Kier molecular flexibility index (Phi) is 6.01. The number of aryl methyl sites for hydroxylation is 2. The minimum absolute atomic E-state index is 0.273. The fourth-order valence-corrected chi connectivity index (χ4v) is 4.38. The maximum Gasteiger partial charge on any atom is 0.276 e. The van der Waals surface area contributed by atoms with Gasteiger partial charge in [0.25, 0.3) is 5.91 Å². The number of fused-ring (bicyclic) bond motifs is 1. The first-order valence-corrected chi connectivity index (χ1v) is 11.8. The number of carbonyl (C=O) groups excluding carboxylic acids is 1. The van der Waals surface area contributed by atoms with Gasteiger partial charge in [0.15, 0.2) is 11.3 Å². The number of rotatable bonds is 7. The number of benzene rings is 1. The molecule has 1 N–H and O–H groups in total. The van der Waals surface area contributed by atoms with E-state index in [0.717, 1.165) is 46.2 Å². The van der Waals surface area contributed by atoms with Crippen LogP contribution in [0.3, 0.4) is 0 Å². The van der Waals surface area contributed by atoms with Gasteiger partial charge in [-0.25, -0.2) is 9.50 Å². The van der Waals surface area contributed by atoms with Crippen LogP contribution in [-0.2, 0) is 13.1 Å². The normalized spacial score (nSPS) is 11.2. The number of hydrogen-bond donors (Lipinski definition) is 1. The molecular formula is C26H28N8O2. The molecule has 0 atom stereocenters. The van der Waals surface area contributed by atoms with E-state index in [0.29, 0.717) is 17.9 Å². The summed E-state index contributed by atoms with van der Waals surface area (Å²) in [6.07, 6.45) is 3.53. The molecule has 0 aliphatic heterocycles. The van der Waals surface area contributed by atoms with Crippen LogP contribution in [0.1, 0.15) is 40.1 Å². The third-order valence-corrected chi connectivity index (χ3v) is 6.36. The number of anilines is 1. The first-order valence-electron chi connectivity index (χ1n) is 11.8. The minimum atomic E-state index is -0.320. The number of carbonyl (C=O) groups is 1. The van der Waals surface area contributed by atoms with Crippen molar-refractivity contribution in [2.45, 2.75) is 40.8 Å². The quantitative estimate of drug-likeness (QED) is 0.374. The second-order valence-corrected chi connectivity index (χ2v) is 8.60. The molecule has 0 fully saturated rings. The average molecular weight is 485 g/mol. The van der Waals surface area contributed by atoms with Crippen molar-refractivity contribution in [1.29, 1.82) is 0 Å². The van der Waals surface area contributed by atoms with E-state index in [2.05, 4.69) is 25.6 Å². The fourth-order valence-electron chi connectivity index (χ4n) is 4.38. The number of aromatic nitrogens is 7. The molecular weight excluding hydrogens is 456 g/mol. The molecule has 184 valence electrons. The first kappa shape index (κ1) is 23.3. The Morgan fingerprint density at radius 2 is 1.89 bits per heavy atom. The Morgan fingerprint density at radius 3 is 2.64 bits per heavy atom. The summed E-state index contributed by atoms with van der Waals surface area (Å²) < 4.78 is 10.8. The van der Waals surface area contributed by atoms with E-state index in [1.807, 2.05) is 73.6 Å². The molecule has 0 spiro atoms. The molecule has 5 aromatic rings. The summed E-state index contributed by atoms with van der Waals surface area (Å²) in [5.74, 6) is 0.471. The molecule has 0 saturated carbocycles. The molecule has 1 amide bonds. The molecule has 36 heavy (non-hydrogen) atoms. The zero-order valence-electron chi connectivity index (χ0n) is 21.0. The highest BCUT2D eigenvalue weighted by atomic mass is 16.5. The lowest BCUT2D eigenvalue weighted by Crippen LogP contribution is -2.14. The summed E-state index contributed by atoms with van der Waals surface area (Å²) in [6, 6.07) is 11.4. The van der Waals surface area contributed by atoms with Crippen LogP contribution in [0.2, 0.25) is 0 Å². The van der Waals surface area contributed by atoms with Gasteiger partial charge in [0.1, 0.15) is 5.75 Å². The van der Waals surface area contributed by atoms with Gasteiger partial charge in [-0.2, -0.15) is 15.3 Å². The Balaban J connectivity index is 1.42. The summed E-state index contributed by atoms with van der Waals surface area (Å²) in [5.41, 5.74) is 6.98. The smallest absolute Gasteiger partial charge is 0.276 e. The van der Waals surface area contributed by atoms with Gasteiger partial charge in [-0.3, -0.25) is 14.2 Å². The highest BCUT2D eigenvalue weighted by Crippen LogP contribution is 2.25. The van der Waals surface area contributed by atoms with Crippen molar-refractivity contribution in [3.05, 3.63) is 77.1 Å². The van der Waals surface area contributed by atoms with Gasteiger partial charge in [-0.05, 0) is 51.5 Å². The maximum atomic E-state index is 13.2. The van der Waals surface area contributed by atoms with E-state index < -0.39 is 0 Å². The number of nitrogens with zero attached hydrogens (tertiary/aromatic N) is 7. The molecule has 0 unspecified atom stereocenters. The first-order chi connectivity index (χ1) is 17.4. The Morgan fingerprint density at radius 1 is 1.06 bits per heavy atom. The Hall–Kier alpha value is -4.47. The monoisotopic (exact) mass is 484 g/mol. The van der Waals surface area contributed by atoms with E-state index in [1.54, 1.807) is 23.9 Å². The summed E-state index contributed by atoms with van der Waals surface area (Å²) in [6.45, 7) is 9.22. The highest BCUT2D eigenvalue weighted by molar-refractivity contribution is 6.04. The van der Waals surface area contributed by atoms with E-state index in [-0.39, 0.29) is 11.6 Å². The standard InChI is InChI=1S/C26H28N8O2/c1-6-32-17(3)21(14-28-32)23-10-11-27-24-13-22(31-34(23)24)26(35)29-25-16(2)30-33(18(25)4)15-19-8-7-9-20(12-19)36-5/h7-14H,6,15H2,1-5H3,(H,29,35). The fraction of sp³-hybridized carbons (Fsp3) is 0.269. The van der Waals surface area contributed by atoms with Gasteiger partial charge in [-0.15, -0.1) is 0 Å². The van der Waals surface area contributed by atoms with E-state index >= 15 is 0 Å². The molecule has 0 radical (unpaired) electrons. The van der Waals surface area contributed by atoms with Gasteiger partial charge >= 0.3 is 0 Å². The summed E-state index contributed by atoms with van der Waals surface area (Å²) in [7, 11) is 1.65. The molecule has 10 heteroatoms. The predicted octanol–water partition coefficient (Wildman–Crippen LogP) is 4.04. The van der Waals surface area contributed by atoms with Crippen molar-refractivity contribution in [2.75, 3.05) is 12.4 Å². The predicted molar refractivity (Wildman–Crippen MR) is 136 cm³/mol. The largest absolute Gasteiger partial charge is 0.497 e. The number of nitrogens with one attached hydrogen (secondary N) is 1. The molecule has 0 aliphatic carbocycles. The molecule has 4 heterocycles. The Bertz CT molecular complexity index is 1580. The molecule has 10 nitrogen and oxygen atoms in total. The third-order valence-electron chi connectivity index (χ3n) is 6.36. The van der Waals surface area contributed by atoms with Crippen molar-refractivity contribution in [1.82, 2.24) is 34.2 Å². The van der Waals surface area contributed by atoms with Gasteiger partial charge < -0.3 is 10.1 Å². The minimum Gasteiger partial charge on any atom is -0.497 e. The molecule has 4 aromatic heterocycles. The van der Waals surface area contributed by atoms with Crippen molar-refractivity contribution in [3.8, 4) is 17.0 Å².